The Labute approximate surface area is 125 Å². The first-order chi connectivity index (χ1) is 9.63. The monoisotopic (exact) mass is 366 g/mol. The molecule has 21 heavy (non-hydrogen) atoms. The summed E-state index contributed by atoms with van der Waals surface area (Å²) in [7, 11) is 0. The first-order valence-corrected chi connectivity index (χ1v) is 6.62. The van der Waals surface area contributed by atoms with E-state index in [9.17, 15) is 22.8 Å². The van der Waals surface area contributed by atoms with E-state index >= 15 is 0 Å². The molecule has 5 nitrogen and oxygen atoms in total. The Morgan fingerprint density at radius 1 is 1.24 bits per heavy atom. The highest BCUT2D eigenvalue weighted by Gasteiger charge is 2.64. The molecular weight excluding hydrogens is 357 g/mol. The summed E-state index contributed by atoms with van der Waals surface area (Å²) in [5.41, 5.74) is -2.19. The van der Waals surface area contributed by atoms with Crippen molar-refractivity contribution in [3.8, 4) is 0 Å². The zero-order valence-corrected chi connectivity index (χ0v) is 12.0. The predicted molar refractivity (Wildman–Crippen MR) is 71.3 cm³/mol. The Kier molecular flexibility index (Phi) is 3.87. The number of benzene rings is 1. The number of aromatic carboxylic acids is 1. The standard InChI is InChI=1S/C12H10BrF3N2O3/c13-7-3-6(9(19)20)4-8(5-7)17-10(21)18-11(1-2-11)12(14,15)16/h3-5H,1-2H2,(H,19,20)(H2,17,18,21). The van der Waals surface area contributed by atoms with Crippen LogP contribution in [0.2, 0.25) is 0 Å². The predicted octanol–water partition coefficient (Wildman–Crippen LogP) is 3.36. The molecule has 1 aliphatic carbocycles. The number of urea groups is 1. The van der Waals surface area contributed by atoms with Crippen LogP contribution in [0, 0.1) is 0 Å². The van der Waals surface area contributed by atoms with Crippen molar-refractivity contribution >= 4 is 33.6 Å². The van der Waals surface area contributed by atoms with Crippen LogP contribution >= 0.6 is 15.9 Å². The second-order valence-electron chi connectivity index (χ2n) is 4.69. The lowest BCUT2D eigenvalue weighted by Crippen LogP contribution is -2.49. The maximum Gasteiger partial charge on any atom is 0.411 e. The zero-order valence-electron chi connectivity index (χ0n) is 10.4. The second kappa shape index (κ2) is 5.21. The van der Waals surface area contributed by atoms with Crippen molar-refractivity contribution in [3.05, 3.63) is 28.2 Å². The van der Waals surface area contributed by atoms with Crippen LogP contribution in [0.25, 0.3) is 0 Å². The fraction of sp³-hybridized carbons (Fsp3) is 0.333. The van der Waals surface area contributed by atoms with Gasteiger partial charge in [0.2, 0.25) is 0 Å². The highest BCUT2D eigenvalue weighted by Crippen LogP contribution is 2.48. The van der Waals surface area contributed by atoms with Crippen LogP contribution in [-0.2, 0) is 0 Å². The van der Waals surface area contributed by atoms with Crippen molar-refractivity contribution in [2.45, 2.75) is 24.6 Å². The van der Waals surface area contributed by atoms with E-state index in [-0.39, 0.29) is 24.1 Å². The summed E-state index contributed by atoms with van der Waals surface area (Å²) in [5, 5.41) is 13.0. The fourth-order valence-corrected chi connectivity index (χ4v) is 2.26. The number of amides is 2. The number of nitrogens with one attached hydrogen (secondary N) is 2. The summed E-state index contributed by atoms with van der Waals surface area (Å²) in [6, 6.07) is 2.82. The third-order valence-electron chi connectivity index (χ3n) is 3.05. The lowest BCUT2D eigenvalue weighted by atomic mass is 10.2. The van der Waals surface area contributed by atoms with Crippen LogP contribution in [0.3, 0.4) is 0 Å². The number of hydrogen-bond acceptors (Lipinski definition) is 2. The molecule has 0 heterocycles. The molecule has 0 unspecified atom stereocenters. The average molecular weight is 367 g/mol. The van der Waals surface area contributed by atoms with Gasteiger partial charge in [0.05, 0.1) is 5.56 Å². The third kappa shape index (κ3) is 3.46. The van der Waals surface area contributed by atoms with Crippen LogP contribution < -0.4 is 10.6 Å². The maximum atomic E-state index is 12.7. The topological polar surface area (TPSA) is 78.4 Å². The number of carbonyl (C=O) groups is 2. The molecule has 0 saturated heterocycles. The van der Waals surface area contributed by atoms with Crippen LogP contribution in [0.15, 0.2) is 22.7 Å². The number of hydrogen-bond donors (Lipinski definition) is 3. The van der Waals surface area contributed by atoms with E-state index in [4.69, 9.17) is 5.11 Å². The molecule has 0 bridgehead atoms. The minimum Gasteiger partial charge on any atom is -0.478 e. The lowest BCUT2D eigenvalue weighted by Gasteiger charge is -2.21. The normalized spacial score (nSPS) is 16.2. The smallest absolute Gasteiger partial charge is 0.411 e. The summed E-state index contributed by atoms with van der Waals surface area (Å²) in [4.78, 5) is 22.5. The summed E-state index contributed by atoms with van der Waals surface area (Å²) in [6.07, 6.45) is -4.83. The maximum absolute atomic E-state index is 12.7. The van der Waals surface area contributed by atoms with E-state index < -0.39 is 23.7 Å². The van der Waals surface area contributed by atoms with Gasteiger partial charge in [-0.15, -0.1) is 0 Å². The summed E-state index contributed by atoms with van der Waals surface area (Å²) >= 11 is 3.06. The first kappa shape index (κ1) is 15.6. The average Bonchev–Trinajstić information content (AvgIpc) is 3.07. The molecule has 1 aromatic rings. The molecule has 114 valence electrons. The molecule has 0 spiro atoms. The number of halogens is 4. The van der Waals surface area contributed by atoms with Crippen molar-refractivity contribution in [3.63, 3.8) is 0 Å². The summed E-state index contributed by atoms with van der Waals surface area (Å²) in [6.45, 7) is 0. The number of carboxylic acids is 1. The lowest BCUT2D eigenvalue weighted by molar-refractivity contribution is -0.162. The molecule has 0 aromatic heterocycles. The number of alkyl halides is 3. The van der Waals surface area contributed by atoms with Gasteiger partial charge in [-0.2, -0.15) is 13.2 Å². The van der Waals surface area contributed by atoms with E-state index in [1.807, 2.05) is 5.32 Å². The van der Waals surface area contributed by atoms with Gasteiger partial charge in [-0.3, -0.25) is 0 Å². The van der Waals surface area contributed by atoms with E-state index in [0.717, 1.165) is 6.07 Å². The number of carboxylic acid groups (broad SMARTS) is 1. The summed E-state index contributed by atoms with van der Waals surface area (Å²) in [5.74, 6) is -1.21. The Hall–Kier alpha value is -1.77. The van der Waals surface area contributed by atoms with Crippen molar-refractivity contribution in [2.75, 3.05) is 5.32 Å². The van der Waals surface area contributed by atoms with Crippen LogP contribution in [0.5, 0.6) is 0 Å². The number of anilines is 1. The molecular formula is C12H10BrF3N2O3. The molecule has 2 amide bonds. The van der Waals surface area contributed by atoms with Gasteiger partial charge in [0.1, 0.15) is 5.54 Å². The highest BCUT2D eigenvalue weighted by atomic mass is 79.9. The molecule has 2 rings (SSSR count). The molecule has 1 aromatic carbocycles. The highest BCUT2D eigenvalue weighted by molar-refractivity contribution is 9.10. The molecule has 1 fully saturated rings. The van der Waals surface area contributed by atoms with Crippen molar-refractivity contribution < 1.29 is 27.9 Å². The Bertz CT molecular complexity index is 600. The van der Waals surface area contributed by atoms with Gasteiger partial charge in [0.25, 0.3) is 0 Å². The Morgan fingerprint density at radius 3 is 2.33 bits per heavy atom. The van der Waals surface area contributed by atoms with Gasteiger partial charge in [-0.05, 0) is 31.0 Å². The minimum atomic E-state index is -4.51. The third-order valence-corrected chi connectivity index (χ3v) is 3.51. The van der Waals surface area contributed by atoms with Gasteiger partial charge in [-0.1, -0.05) is 15.9 Å². The zero-order chi connectivity index (χ0) is 15.8. The quantitative estimate of drug-likeness (QED) is 0.767. The second-order valence-corrected chi connectivity index (χ2v) is 5.61. The molecule has 0 atom stereocenters. The largest absolute Gasteiger partial charge is 0.478 e. The summed E-state index contributed by atoms with van der Waals surface area (Å²) < 4.78 is 38.5. The molecule has 9 heteroatoms. The number of rotatable bonds is 3. The van der Waals surface area contributed by atoms with Gasteiger partial charge in [0, 0.05) is 10.2 Å². The number of carbonyl (C=O) groups excluding carboxylic acids is 1. The van der Waals surface area contributed by atoms with E-state index in [1.54, 1.807) is 0 Å². The van der Waals surface area contributed by atoms with E-state index in [1.165, 1.54) is 12.1 Å². The van der Waals surface area contributed by atoms with Crippen LogP contribution in [0.1, 0.15) is 23.2 Å². The Morgan fingerprint density at radius 2 is 1.86 bits per heavy atom. The SMILES string of the molecule is O=C(Nc1cc(Br)cc(C(=O)O)c1)NC1(C(F)(F)F)CC1. The van der Waals surface area contributed by atoms with Gasteiger partial charge in [-0.25, -0.2) is 9.59 Å². The molecule has 0 aliphatic heterocycles. The molecule has 3 N–H and O–H groups in total. The van der Waals surface area contributed by atoms with Crippen molar-refractivity contribution in [1.82, 2.24) is 5.32 Å². The van der Waals surface area contributed by atoms with Gasteiger partial charge >= 0.3 is 18.2 Å². The van der Waals surface area contributed by atoms with Gasteiger partial charge < -0.3 is 15.7 Å². The molecule has 0 radical (unpaired) electrons. The van der Waals surface area contributed by atoms with Crippen molar-refractivity contribution in [1.29, 1.82) is 0 Å². The Balaban J connectivity index is 2.09. The molecule has 1 saturated carbocycles. The molecule has 1 aliphatic rings. The van der Waals surface area contributed by atoms with Crippen LogP contribution in [0.4, 0.5) is 23.7 Å². The van der Waals surface area contributed by atoms with Crippen molar-refractivity contribution in [2.24, 2.45) is 0 Å². The van der Waals surface area contributed by atoms with E-state index in [2.05, 4.69) is 21.2 Å². The fourth-order valence-electron chi connectivity index (χ4n) is 1.77. The van der Waals surface area contributed by atoms with E-state index in [0.29, 0.717) is 4.47 Å². The van der Waals surface area contributed by atoms with Crippen LogP contribution in [-0.4, -0.2) is 28.8 Å². The minimum absolute atomic E-state index is 0.0808. The first-order valence-electron chi connectivity index (χ1n) is 5.83. The van der Waals surface area contributed by atoms with Gasteiger partial charge in [0.15, 0.2) is 0 Å².